The van der Waals surface area contributed by atoms with Crippen LogP contribution in [0.15, 0.2) is 0 Å². The Morgan fingerprint density at radius 1 is 1.33 bits per heavy atom. The molecule has 1 saturated carbocycles. The lowest BCUT2D eigenvalue weighted by Gasteiger charge is -2.45. The minimum absolute atomic E-state index is 0.350. The second-order valence-corrected chi connectivity index (χ2v) is 6.25. The minimum Gasteiger partial charge on any atom is -0.329 e. The number of hydrogen-bond acceptors (Lipinski definition) is 3. The third kappa shape index (κ3) is 2.69. The first-order valence-corrected chi connectivity index (χ1v) is 7.49. The van der Waals surface area contributed by atoms with Gasteiger partial charge in [-0.3, -0.25) is 4.90 Å². The van der Waals surface area contributed by atoms with E-state index in [1.54, 1.807) is 0 Å². The predicted octanol–water partition coefficient (Wildman–Crippen LogP) is 1.94. The second-order valence-electron chi connectivity index (χ2n) is 5.02. The molecule has 15 heavy (non-hydrogen) atoms. The summed E-state index contributed by atoms with van der Waals surface area (Å²) >= 11 is 2.09. The minimum atomic E-state index is 0.350. The van der Waals surface area contributed by atoms with E-state index in [4.69, 9.17) is 5.73 Å². The van der Waals surface area contributed by atoms with Gasteiger partial charge in [0.05, 0.1) is 0 Å². The van der Waals surface area contributed by atoms with Crippen LogP contribution in [-0.4, -0.2) is 41.6 Å². The van der Waals surface area contributed by atoms with Gasteiger partial charge in [-0.15, -0.1) is 0 Å². The average Bonchev–Trinajstić information content (AvgIpc) is 3.10. The van der Waals surface area contributed by atoms with Gasteiger partial charge in [0, 0.05) is 18.6 Å². The van der Waals surface area contributed by atoms with Crippen molar-refractivity contribution in [1.82, 2.24) is 4.90 Å². The first-order valence-electron chi connectivity index (χ1n) is 6.33. The Morgan fingerprint density at radius 3 is 2.47 bits per heavy atom. The van der Waals surface area contributed by atoms with Gasteiger partial charge in [0.15, 0.2) is 0 Å². The van der Waals surface area contributed by atoms with Gasteiger partial charge < -0.3 is 5.73 Å². The summed E-state index contributed by atoms with van der Waals surface area (Å²) in [6.07, 6.45) is 5.50. The number of nitrogens with zero attached hydrogens (tertiary/aromatic N) is 1. The Labute approximate surface area is 98.0 Å². The summed E-state index contributed by atoms with van der Waals surface area (Å²) in [6, 6.07) is 0. The van der Waals surface area contributed by atoms with Crippen LogP contribution in [0.4, 0.5) is 0 Å². The number of nitrogens with two attached hydrogens (primary N) is 1. The summed E-state index contributed by atoms with van der Waals surface area (Å²) in [5, 5.41) is 0. The van der Waals surface area contributed by atoms with Crippen LogP contribution in [0.3, 0.4) is 0 Å². The monoisotopic (exact) mass is 228 g/mol. The topological polar surface area (TPSA) is 29.3 Å². The molecule has 2 nitrogen and oxygen atoms in total. The molecule has 0 spiro atoms. The number of likely N-dealkylation sites (N-methyl/N-ethyl adjacent to an activating group) is 1. The zero-order chi connectivity index (χ0) is 10.7. The number of rotatable bonds is 5. The van der Waals surface area contributed by atoms with Crippen LogP contribution in [0.25, 0.3) is 0 Å². The van der Waals surface area contributed by atoms with Gasteiger partial charge in [-0.25, -0.2) is 0 Å². The highest BCUT2D eigenvalue weighted by atomic mass is 32.2. The number of hydrogen-bond donors (Lipinski definition) is 1. The van der Waals surface area contributed by atoms with E-state index in [-0.39, 0.29) is 0 Å². The fourth-order valence-electron chi connectivity index (χ4n) is 2.67. The lowest BCUT2D eigenvalue weighted by atomic mass is 9.89. The van der Waals surface area contributed by atoms with Gasteiger partial charge in [0.25, 0.3) is 0 Å². The maximum Gasteiger partial charge on any atom is 0.0347 e. The molecule has 1 saturated heterocycles. The van der Waals surface area contributed by atoms with Crippen LogP contribution in [0.5, 0.6) is 0 Å². The Balaban J connectivity index is 1.99. The molecule has 3 heteroatoms. The molecule has 1 aliphatic carbocycles. The van der Waals surface area contributed by atoms with E-state index in [1.807, 2.05) is 0 Å². The van der Waals surface area contributed by atoms with Crippen LogP contribution in [0, 0.1) is 5.92 Å². The highest BCUT2D eigenvalue weighted by Gasteiger charge is 2.38. The fourth-order valence-corrected chi connectivity index (χ4v) is 3.92. The molecule has 2 N–H and O–H groups in total. The summed E-state index contributed by atoms with van der Waals surface area (Å²) < 4.78 is 0. The molecule has 2 fully saturated rings. The normalized spacial score (nSPS) is 25.8. The van der Waals surface area contributed by atoms with Gasteiger partial charge in [0.1, 0.15) is 0 Å². The first kappa shape index (κ1) is 11.7. The lowest BCUT2D eigenvalue weighted by Crippen LogP contribution is -2.56. The molecule has 0 amide bonds. The Bertz CT molecular complexity index is 198. The van der Waals surface area contributed by atoms with Gasteiger partial charge in [0.2, 0.25) is 0 Å². The molecule has 88 valence electrons. The molecule has 0 aromatic heterocycles. The summed E-state index contributed by atoms with van der Waals surface area (Å²) in [4.78, 5) is 2.68. The average molecular weight is 228 g/mol. The summed E-state index contributed by atoms with van der Waals surface area (Å²) in [5.41, 5.74) is 6.41. The van der Waals surface area contributed by atoms with E-state index < -0.39 is 0 Å². The second kappa shape index (κ2) is 5.07. The largest absolute Gasteiger partial charge is 0.329 e. The molecule has 0 unspecified atom stereocenters. The molecule has 0 atom stereocenters. The molecule has 1 heterocycles. The van der Waals surface area contributed by atoms with Crippen molar-refractivity contribution in [1.29, 1.82) is 0 Å². The molecule has 2 aliphatic rings. The number of thioether (sulfide) groups is 1. The Morgan fingerprint density at radius 2 is 2.00 bits per heavy atom. The van der Waals surface area contributed by atoms with Gasteiger partial charge in [-0.1, -0.05) is 6.92 Å². The van der Waals surface area contributed by atoms with Crippen molar-refractivity contribution in [3.63, 3.8) is 0 Å². The van der Waals surface area contributed by atoms with Crippen LogP contribution in [0.2, 0.25) is 0 Å². The third-order valence-electron chi connectivity index (χ3n) is 4.03. The zero-order valence-electron chi connectivity index (χ0n) is 9.87. The van der Waals surface area contributed by atoms with Gasteiger partial charge in [-0.05, 0) is 49.7 Å². The van der Waals surface area contributed by atoms with E-state index in [9.17, 15) is 0 Å². The summed E-state index contributed by atoms with van der Waals surface area (Å²) in [5.74, 6) is 3.60. The molecule has 0 aromatic rings. The van der Waals surface area contributed by atoms with Crippen LogP contribution in [0.1, 0.15) is 32.6 Å². The molecule has 0 radical (unpaired) electrons. The molecular formula is C12H24N2S. The predicted molar refractivity (Wildman–Crippen MR) is 68.3 cm³/mol. The van der Waals surface area contributed by atoms with E-state index in [0.29, 0.717) is 5.54 Å². The summed E-state index contributed by atoms with van der Waals surface area (Å²) in [6.45, 7) is 5.63. The van der Waals surface area contributed by atoms with E-state index in [0.717, 1.165) is 12.5 Å². The highest BCUT2D eigenvalue weighted by Crippen LogP contribution is 2.36. The fraction of sp³-hybridized carbons (Fsp3) is 1.00. The molecule has 0 aromatic carbocycles. The smallest absolute Gasteiger partial charge is 0.0347 e. The van der Waals surface area contributed by atoms with E-state index in [1.165, 1.54) is 50.3 Å². The maximum absolute atomic E-state index is 6.06. The summed E-state index contributed by atoms with van der Waals surface area (Å²) in [7, 11) is 0. The third-order valence-corrected chi connectivity index (χ3v) is 5.02. The van der Waals surface area contributed by atoms with Crippen LogP contribution < -0.4 is 5.73 Å². The SMILES string of the molecule is CCN(CC1CC1)C1(CN)CCSCC1. The van der Waals surface area contributed by atoms with Crippen molar-refractivity contribution in [2.45, 2.75) is 38.1 Å². The molecular weight excluding hydrogens is 204 g/mol. The molecule has 2 rings (SSSR count). The highest BCUT2D eigenvalue weighted by molar-refractivity contribution is 7.99. The van der Waals surface area contributed by atoms with Crippen molar-refractivity contribution >= 4 is 11.8 Å². The van der Waals surface area contributed by atoms with E-state index in [2.05, 4.69) is 23.6 Å². The maximum atomic E-state index is 6.06. The Hall–Kier alpha value is 0.270. The zero-order valence-corrected chi connectivity index (χ0v) is 10.7. The van der Waals surface area contributed by atoms with Crippen molar-refractivity contribution in [3.05, 3.63) is 0 Å². The van der Waals surface area contributed by atoms with Crippen molar-refractivity contribution in [3.8, 4) is 0 Å². The first-order chi connectivity index (χ1) is 7.30. The van der Waals surface area contributed by atoms with Crippen molar-refractivity contribution in [2.24, 2.45) is 11.7 Å². The standard InChI is InChI=1S/C12H24N2S/c1-2-14(9-11-3-4-11)12(10-13)5-7-15-8-6-12/h11H,2-10,13H2,1H3. The molecule has 1 aliphatic heterocycles. The molecule has 0 bridgehead atoms. The lowest BCUT2D eigenvalue weighted by molar-refractivity contribution is 0.0852. The quantitative estimate of drug-likeness (QED) is 0.780. The Kier molecular flexibility index (Phi) is 3.97. The van der Waals surface area contributed by atoms with E-state index >= 15 is 0 Å². The van der Waals surface area contributed by atoms with Crippen LogP contribution in [-0.2, 0) is 0 Å². The van der Waals surface area contributed by atoms with Gasteiger partial charge >= 0.3 is 0 Å². The van der Waals surface area contributed by atoms with Gasteiger partial charge in [-0.2, -0.15) is 11.8 Å². The van der Waals surface area contributed by atoms with Crippen molar-refractivity contribution < 1.29 is 0 Å². The van der Waals surface area contributed by atoms with Crippen LogP contribution >= 0.6 is 11.8 Å². The van der Waals surface area contributed by atoms with Crippen molar-refractivity contribution in [2.75, 3.05) is 31.1 Å².